The van der Waals surface area contributed by atoms with Gasteiger partial charge < -0.3 is 5.73 Å². The van der Waals surface area contributed by atoms with Crippen LogP contribution in [0.15, 0.2) is 12.3 Å². The molecule has 14 heavy (non-hydrogen) atoms. The average Bonchev–Trinajstić information content (AvgIpc) is 2.58. The number of nitrogen functional groups attached to an aromatic ring is 1. The standard InChI is InChI=1S/C11H21N3/c1-3-5-6-10(4-2)9-14-8-7-11(12)13-14/h7-8,10H,3-6,9H2,1-2H3,(H2,12,13)/t10-/m1/s1. The zero-order valence-electron chi connectivity index (χ0n) is 9.24. The van der Waals surface area contributed by atoms with E-state index in [1.165, 1.54) is 25.7 Å². The van der Waals surface area contributed by atoms with E-state index in [9.17, 15) is 0 Å². The molecule has 0 saturated heterocycles. The lowest BCUT2D eigenvalue weighted by molar-refractivity contribution is 0.373. The van der Waals surface area contributed by atoms with Crippen LogP contribution in [0.2, 0.25) is 0 Å². The van der Waals surface area contributed by atoms with Gasteiger partial charge in [-0.05, 0) is 18.4 Å². The predicted octanol–water partition coefficient (Wildman–Crippen LogP) is 2.68. The van der Waals surface area contributed by atoms with Gasteiger partial charge in [-0.25, -0.2) is 0 Å². The molecule has 1 heterocycles. The van der Waals surface area contributed by atoms with Gasteiger partial charge in [-0.3, -0.25) is 4.68 Å². The highest BCUT2D eigenvalue weighted by Gasteiger charge is 2.07. The molecule has 0 fully saturated rings. The first-order chi connectivity index (χ1) is 6.76. The van der Waals surface area contributed by atoms with E-state index in [4.69, 9.17) is 5.73 Å². The summed E-state index contributed by atoms with van der Waals surface area (Å²) < 4.78 is 1.96. The summed E-state index contributed by atoms with van der Waals surface area (Å²) in [6.07, 6.45) is 7.07. The highest BCUT2D eigenvalue weighted by molar-refractivity contribution is 5.23. The van der Waals surface area contributed by atoms with Gasteiger partial charge in [-0.1, -0.05) is 33.1 Å². The zero-order chi connectivity index (χ0) is 10.4. The SMILES string of the molecule is CCCC[C@@H](CC)Cn1ccc(N)n1. The van der Waals surface area contributed by atoms with Crippen LogP contribution in [0.1, 0.15) is 39.5 Å². The Bertz CT molecular complexity index is 255. The molecule has 0 aliphatic carbocycles. The van der Waals surface area contributed by atoms with Gasteiger partial charge in [0.05, 0.1) is 0 Å². The molecule has 0 unspecified atom stereocenters. The highest BCUT2D eigenvalue weighted by atomic mass is 15.3. The van der Waals surface area contributed by atoms with E-state index in [1.807, 2.05) is 16.9 Å². The summed E-state index contributed by atoms with van der Waals surface area (Å²) in [5, 5.41) is 4.20. The van der Waals surface area contributed by atoms with Crippen molar-refractivity contribution in [3.05, 3.63) is 12.3 Å². The molecule has 3 heteroatoms. The van der Waals surface area contributed by atoms with Crippen LogP contribution < -0.4 is 5.73 Å². The van der Waals surface area contributed by atoms with E-state index in [1.54, 1.807) is 0 Å². The fraction of sp³-hybridized carbons (Fsp3) is 0.727. The number of anilines is 1. The fourth-order valence-corrected chi connectivity index (χ4v) is 1.66. The van der Waals surface area contributed by atoms with Gasteiger partial charge in [-0.2, -0.15) is 5.10 Å². The number of nitrogens with zero attached hydrogens (tertiary/aromatic N) is 2. The summed E-state index contributed by atoms with van der Waals surface area (Å²) in [7, 11) is 0. The number of aromatic nitrogens is 2. The van der Waals surface area contributed by atoms with Gasteiger partial charge in [0.25, 0.3) is 0 Å². The van der Waals surface area contributed by atoms with Gasteiger partial charge in [-0.15, -0.1) is 0 Å². The predicted molar refractivity (Wildman–Crippen MR) is 59.9 cm³/mol. The zero-order valence-corrected chi connectivity index (χ0v) is 9.24. The Kier molecular flexibility index (Phi) is 4.50. The van der Waals surface area contributed by atoms with E-state index in [-0.39, 0.29) is 0 Å². The Morgan fingerprint density at radius 3 is 2.79 bits per heavy atom. The van der Waals surface area contributed by atoms with Crippen LogP contribution in [-0.4, -0.2) is 9.78 Å². The van der Waals surface area contributed by atoms with Crippen LogP contribution in [-0.2, 0) is 6.54 Å². The summed E-state index contributed by atoms with van der Waals surface area (Å²) in [6.45, 7) is 5.49. The minimum Gasteiger partial charge on any atom is -0.382 e. The summed E-state index contributed by atoms with van der Waals surface area (Å²) in [5.74, 6) is 1.37. The van der Waals surface area contributed by atoms with Crippen molar-refractivity contribution in [3.8, 4) is 0 Å². The molecular weight excluding hydrogens is 174 g/mol. The largest absolute Gasteiger partial charge is 0.382 e. The van der Waals surface area contributed by atoms with Gasteiger partial charge in [0.2, 0.25) is 0 Å². The summed E-state index contributed by atoms with van der Waals surface area (Å²) >= 11 is 0. The van der Waals surface area contributed by atoms with Crippen molar-refractivity contribution in [2.45, 2.75) is 46.1 Å². The van der Waals surface area contributed by atoms with Crippen molar-refractivity contribution in [2.75, 3.05) is 5.73 Å². The highest BCUT2D eigenvalue weighted by Crippen LogP contribution is 2.14. The van der Waals surface area contributed by atoms with Gasteiger partial charge in [0.15, 0.2) is 0 Å². The topological polar surface area (TPSA) is 43.8 Å². The second kappa shape index (κ2) is 5.68. The molecule has 0 bridgehead atoms. The molecule has 1 rings (SSSR count). The van der Waals surface area contributed by atoms with E-state index in [2.05, 4.69) is 18.9 Å². The van der Waals surface area contributed by atoms with E-state index in [0.29, 0.717) is 5.82 Å². The third-order valence-corrected chi connectivity index (χ3v) is 2.65. The van der Waals surface area contributed by atoms with Crippen molar-refractivity contribution < 1.29 is 0 Å². The van der Waals surface area contributed by atoms with Crippen LogP contribution in [0.3, 0.4) is 0 Å². The molecule has 80 valence electrons. The molecule has 0 aliphatic rings. The minimum atomic E-state index is 0.621. The average molecular weight is 195 g/mol. The van der Waals surface area contributed by atoms with E-state index < -0.39 is 0 Å². The summed E-state index contributed by atoms with van der Waals surface area (Å²) in [4.78, 5) is 0. The quantitative estimate of drug-likeness (QED) is 0.758. The minimum absolute atomic E-state index is 0.621. The van der Waals surface area contributed by atoms with E-state index >= 15 is 0 Å². The Morgan fingerprint density at radius 1 is 1.50 bits per heavy atom. The van der Waals surface area contributed by atoms with Crippen molar-refractivity contribution >= 4 is 5.82 Å². The molecule has 1 aromatic heterocycles. The molecule has 0 spiro atoms. The normalized spacial score (nSPS) is 13.0. The van der Waals surface area contributed by atoms with Gasteiger partial charge in [0, 0.05) is 12.7 Å². The lowest BCUT2D eigenvalue weighted by Crippen LogP contribution is -2.10. The maximum absolute atomic E-state index is 5.56. The Morgan fingerprint density at radius 2 is 2.29 bits per heavy atom. The second-order valence-corrected chi connectivity index (χ2v) is 3.88. The van der Waals surface area contributed by atoms with Gasteiger partial charge >= 0.3 is 0 Å². The monoisotopic (exact) mass is 195 g/mol. The van der Waals surface area contributed by atoms with Crippen molar-refractivity contribution in [1.82, 2.24) is 9.78 Å². The molecule has 1 aromatic rings. The maximum atomic E-state index is 5.56. The van der Waals surface area contributed by atoms with Crippen molar-refractivity contribution in [1.29, 1.82) is 0 Å². The number of hydrogen-bond donors (Lipinski definition) is 1. The molecule has 2 N–H and O–H groups in total. The van der Waals surface area contributed by atoms with Crippen molar-refractivity contribution in [2.24, 2.45) is 5.92 Å². The second-order valence-electron chi connectivity index (χ2n) is 3.88. The third kappa shape index (κ3) is 3.40. The molecule has 0 aliphatic heterocycles. The first-order valence-corrected chi connectivity index (χ1v) is 5.55. The molecule has 1 atom stereocenters. The summed E-state index contributed by atoms with van der Waals surface area (Å²) in [6, 6.07) is 1.85. The van der Waals surface area contributed by atoms with Crippen LogP contribution >= 0.6 is 0 Å². The number of unbranched alkanes of at least 4 members (excludes halogenated alkanes) is 1. The molecular formula is C11H21N3. The van der Waals surface area contributed by atoms with E-state index in [0.717, 1.165) is 12.5 Å². The number of nitrogens with two attached hydrogens (primary N) is 1. The maximum Gasteiger partial charge on any atom is 0.145 e. The van der Waals surface area contributed by atoms with Crippen LogP contribution in [0.5, 0.6) is 0 Å². The number of hydrogen-bond acceptors (Lipinski definition) is 2. The fourth-order valence-electron chi connectivity index (χ4n) is 1.66. The lowest BCUT2D eigenvalue weighted by Gasteiger charge is -2.13. The van der Waals surface area contributed by atoms with Gasteiger partial charge in [0.1, 0.15) is 5.82 Å². The summed E-state index contributed by atoms with van der Waals surface area (Å²) in [5.41, 5.74) is 5.56. The molecule has 0 aromatic carbocycles. The first-order valence-electron chi connectivity index (χ1n) is 5.55. The van der Waals surface area contributed by atoms with Crippen molar-refractivity contribution in [3.63, 3.8) is 0 Å². The first kappa shape index (κ1) is 11.1. The lowest BCUT2D eigenvalue weighted by atomic mass is 10.00. The Balaban J connectivity index is 2.40. The van der Waals surface area contributed by atoms with Crippen LogP contribution in [0.4, 0.5) is 5.82 Å². The smallest absolute Gasteiger partial charge is 0.145 e. The Hall–Kier alpha value is -0.990. The number of rotatable bonds is 6. The molecule has 0 saturated carbocycles. The third-order valence-electron chi connectivity index (χ3n) is 2.65. The Labute approximate surface area is 86.3 Å². The molecule has 3 nitrogen and oxygen atoms in total. The van der Waals surface area contributed by atoms with Crippen LogP contribution in [0.25, 0.3) is 0 Å². The molecule has 0 amide bonds. The molecule has 0 radical (unpaired) electrons. The van der Waals surface area contributed by atoms with Crippen LogP contribution in [0, 0.1) is 5.92 Å².